The van der Waals surface area contributed by atoms with Crippen molar-refractivity contribution in [3.8, 4) is 17.7 Å². The lowest BCUT2D eigenvalue weighted by atomic mass is 10.2. The van der Waals surface area contributed by atoms with Gasteiger partial charge in [0, 0.05) is 30.3 Å². The van der Waals surface area contributed by atoms with Gasteiger partial charge in [-0.05, 0) is 31.9 Å². The number of aromatic nitrogens is 1. The Bertz CT molecular complexity index is 434. The molecule has 3 heteroatoms. The summed E-state index contributed by atoms with van der Waals surface area (Å²) in [6.45, 7) is 1.96. The van der Waals surface area contributed by atoms with Crippen LogP contribution < -0.4 is 10.1 Å². The zero-order valence-electron chi connectivity index (χ0n) is 9.78. The van der Waals surface area contributed by atoms with Crippen molar-refractivity contribution in [3.05, 3.63) is 23.9 Å². The fraction of sp³-hybridized carbons (Fsp3) is 0.500. The van der Waals surface area contributed by atoms with Crippen LogP contribution in [0.25, 0.3) is 0 Å². The Kier molecular flexibility index (Phi) is 2.98. The lowest BCUT2D eigenvalue weighted by molar-refractivity contribution is 0.214. The van der Waals surface area contributed by atoms with Gasteiger partial charge in [-0.3, -0.25) is 0 Å². The first kappa shape index (κ1) is 10.6. The molecule has 2 heterocycles. The van der Waals surface area contributed by atoms with Crippen LogP contribution in [0.15, 0.2) is 18.3 Å². The second-order valence-electron chi connectivity index (χ2n) is 4.66. The SMILES string of the molecule is C(#CC1CC1)c1ccc(OC2CCNC2)nc1. The smallest absolute Gasteiger partial charge is 0.213 e. The van der Waals surface area contributed by atoms with E-state index in [-0.39, 0.29) is 6.10 Å². The highest BCUT2D eigenvalue weighted by Gasteiger charge is 2.18. The lowest BCUT2D eigenvalue weighted by Gasteiger charge is -2.10. The highest BCUT2D eigenvalue weighted by atomic mass is 16.5. The third-order valence-corrected chi connectivity index (χ3v) is 3.04. The number of nitrogens with zero attached hydrogens (tertiary/aromatic N) is 1. The summed E-state index contributed by atoms with van der Waals surface area (Å²) < 4.78 is 5.75. The molecule has 17 heavy (non-hydrogen) atoms. The van der Waals surface area contributed by atoms with Gasteiger partial charge in [-0.25, -0.2) is 4.98 Å². The molecule has 0 bridgehead atoms. The summed E-state index contributed by atoms with van der Waals surface area (Å²) in [5, 5.41) is 3.27. The number of pyridine rings is 1. The van der Waals surface area contributed by atoms with E-state index in [1.54, 1.807) is 6.20 Å². The molecule has 3 rings (SSSR count). The van der Waals surface area contributed by atoms with E-state index in [0.29, 0.717) is 11.8 Å². The summed E-state index contributed by atoms with van der Waals surface area (Å²) in [6, 6.07) is 3.90. The number of rotatable bonds is 2. The van der Waals surface area contributed by atoms with Gasteiger partial charge in [0.15, 0.2) is 0 Å². The first-order chi connectivity index (χ1) is 8.40. The van der Waals surface area contributed by atoms with Crippen molar-refractivity contribution >= 4 is 0 Å². The van der Waals surface area contributed by atoms with E-state index in [0.717, 1.165) is 25.1 Å². The normalized spacial score (nSPS) is 22.9. The van der Waals surface area contributed by atoms with E-state index < -0.39 is 0 Å². The molecule has 1 saturated carbocycles. The van der Waals surface area contributed by atoms with Crippen LogP contribution in [-0.4, -0.2) is 24.2 Å². The first-order valence-electron chi connectivity index (χ1n) is 6.25. The number of hydrogen-bond acceptors (Lipinski definition) is 3. The van der Waals surface area contributed by atoms with E-state index in [1.807, 2.05) is 12.1 Å². The zero-order chi connectivity index (χ0) is 11.5. The number of ether oxygens (including phenoxy) is 1. The predicted octanol–water partition coefficient (Wildman–Crippen LogP) is 1.58. The maximum Gasteiger partial charge on any atom is 0.213 e. The van der Waals surface area contributed by atoms with Gasteiger partial charge in [-0.15, -0.1) is 0 Å². The van der Waals surface area contributed by atoms with Gasteiger partial charge in [-0.1, -0.05) is 11.8 Å². The molecule has 1 aromatic heterocycles. The first-order valence-corrected chi connectivity index (χ1v) is 6.25. The average Bonchev–Trinajstić information content (AvgIpc) is 3.05. The van der Waals surface area contributed by atoms with Gasteiger partial charge >= 0.3 is 0 Å². The molecule has 0 amide bonds. The van der Waals surface area contributed by atoms with Crippen LogP contribution in [0.4, 0.5) is 0 Å². The van der Waals surface area contributed by atoms with Crippen molar-refractivity contribution in [1.29, 1.82) is 0 Å². The van der Waals surface area contributed by atoms with Gasteiger partial charge < -0.3 is 10.1 Å². The summed E-state index contributed by atoms with van der Waals surface area (Å²) in [5.41, 5.74) is 0.980. The van der Waals surface area contributed by atoms with E-state index in [1.165, 1.54) is 12.8 Å². The Morgan fingerprint density at radius 1 is 1.29 bits per heavy atom. The molecule has 1 aliphatic carbocycles. The van der Waals surface area contributed by atoms with E-state index >= 15 is 0 Å². The van der Waals surface area contributed by atoms with Crippen molar-refractivity contribution in [3.63, 3.8) is 0 Å². The third-order valence-electron chi connectivity index (χ3n) is 3.04. The Morgan fingerprint density at radius 2 is 2.24 bits per heavy atom. The molecule has 2 aliphatic rings. The molecule has 88 valence electrons. The fourth-order valence-electron chi connectivity index (χ4n) is 1.84. The van der Waals surface area contributed by atoms with Crippen molar-refractivity contribution in [1.82, 2.24) is 10.3 Å². The highest BCUT2D eigenvalue weighted by Crippen LogP contribution is 2.27. The molecule has 0 spiro atoms. The molecular formula is C14H16N2O. The summed E-state index contributed by atoms with van der Waals surface area (Å²) in [6.07, 6.45) is 5.65. The Balaban J connectivity index is 1.61. The monoisotopic (exact) mass is 228 g/mol. The molecule has 0 radical (unpaired) electrons. The minimum Gasteiger partial charge on any atom is -0.473 e. The zero-order valence-corrected chi connectivity index (χ0v) is 9.78. The predicted molar refractivity (Wildman–Crippen MR) is 65.7 cm³/mol. The molecule has 2 fully saturated rings. The topological polar surface area (TPSA) is 34.1 Å². The molecule has 1 aliphatic heterocycles. The molecule has 1 saturated heterocycles. The van der Waals surface area contributed by atoms with Gasteiger partial charge in [0.25, 0.3) is 0 Å². The van der Waals surface area contributed by atoms with E-state index in [9.17, 15) is 0 Å². The number of hydrogen-bond donors (Lipinski definition) is 1. The molecule has 3 nitrogen and oxygen atoms in total. The van der Waals surface area contributed by atoms with Crippen LogP contribution in [-0.2, 0) is 0 Å². The second kappa shape index (κ2) is 4.77. The average molecular weight is 228 g/mol. The Morgan fingerprint density at radius 3 is 2.88 bits per heavy atom. The standard InChI is InChI=1S/C14H16N2O/c1-2-11(1)3-4-12-5-6-14(16-9-12)17-13-7-8-15-10-13/h5-6,9,11,13,15H,1-2,7-8,10H2. The molecule has 1 atom stereocenters. The Hall–Kier alpha value is -1.53. The van der Waals surface area contributed by atoms with Crippen LogP contribution >= 0.6 is 0 Å². The number of nitrogens with one attached hydrogen (secondary N) is 1. The van der Waals surface area contributed by atoms with Gasteiger partial charge in [0.05, 0.1) is 0 Å². The van der Waals surface area contributed by atoms with E-state index in [2.05, 4.69) is 22.1 Å². The van der Waals surface area contributed by atoms with Gasteiger partial charge in [0.2, 0.25) is 5.88 Å². The van der Waals surface area contributed by atoms with Crippen molar-refractivity contribution in [2.45, 2.75) is 25.4 Å². The van der Waals surface area contributed by atoms with Crippen molar-refractivity contribution in [2.24, 2.45) is 5.92 Å². The summed E-state index contributed by atoms with van der Waals surface area (Å²) >= 11 is 0. The van der Waals surface area contributed by atoms with Crippen LogP contribution in [0.2, 0.25) is 0 Å². The van der Waals surface area contributed by atoms with Crippen LogP contribution in [0, 0.1) is 17.8 Å². The van der Waals surface area contributed by atoms with Crippen LogP contribution in [0.1, 0.15) is 24.8 Å². The fourth-order valence-corrected chi connectivity index (χ4v) is 1.84. The second-order valence-corrected chi connectivity index (χ2v) is 4.66. The Labute approximate surface area is 102 Å². The molecule has 1 N–H and O–H groups in total. The largest absolute Gasteiger partial charge is 0.473 e. The minimum atomic E-state index is 0.269. The lowest BCUT2D eigenvalue weighted by Crippen LogP contribution is -2.19. The molecule has 1 aromatic rings. The quantitative estimate of drug-likeness (QED) is 0.780. The minimum absolute atomic E-state index is 0.269. The van der Waals surface area contributed by atoms with Gasteiger partial charge in [0.1, 0.15) is 6.10 Å². The maximum atomic E-state index is 5.75. The third kappa shape index (κ3) is 2.98. The maximum absolute atomic E-state index is 5.75. The van der Waals surface area contributed by atoms with Crippen LogP contribution in [0.5, 0.6) is 5.88 Å². The van der Waals surface area contributed by atoms with E-state index in [4.69, 9.17) is 4.74 Å². The summed E-state index contributed by atoms with van der Waals surface area (Å²) in [5.74, 6) is 7.71. The van der Waals surface area contributed by atoms with Crippen LogP contribution in [0.3, 0.4) is 0 Å². The molecule has 0 aromatic carbocycles. The highest BCUT2D eigenvalue weighted by molar-refractivity contribution is 5.34. The summed E-state index contributed by atoms with van der Waals surface area (Å²) in [7, 11) is 0. The molecular weight excluding hydrogens is 212 g/mol. The summed E-state index contributed by atoms with van der Waals surface area (Å²) in [4.78, 5) is 4.29. The van der Waals surface area contributed by atoms with Crippen molar-refractivity contribution < 1.29 is 4.74 Å². The van der Waals surface area contributed by atoms with Crippen molar-refractivity contribution in [2.75, 3.05) is 13.1 Å². The molecule has 1 unspecified atom stereocenters. The van der Waals surface area contributed by atoms with Gasteiger partial charge in [-0.2, -0.15) is 0 Å².